The standard InChI is InChI=1S/C14H21N3/c1-10(2)17-14(15)16-9-11-6-7-12-4-3-5-13(12)8-11/h6-8,10H,3-5,9H2,1-2H3,(H3,15,16,17). The highest BCUT2D eigenvalue weighted by atomic mass is 15.1. The molecule has 1 aliphatic carbocycles. The van der Waals surface area contributed by atoms with Crippen LogP contribution in [0.5, 0.6) is 0 Å². The van der Waals surface area contributed by atoms with Crippen molar-refractivity contribution in [1.29, 1.82) is 0 Å². The number of nitrogens with zero attached hydrogens (tertiary/aromatic N) is 1. The van der Waals surface area contributed by atoms with Gasteiger partial charge >= 0.3 is 0 Å². The Morgan fingerprint density at radius 2 is 2.12 bits per heavy atom. The van der Waals surface area contributed by atoms with Crippen LogP contribution in [-0.2, 0) is 19.4 Å². The third kappa shape index (κ3) is 3.22. The first-order valence-corrected chi connectivity index (χ1v) is 6.32. The first-order chi connectivity index (χ1) is 8.15. The van der Waals surface area contributed by atoms with Gasteiger partial charge in [-0.25, -0.2) is 4.99 Å². The highest BCUT2D eigenvalue weighted by Crippen LogP contribution is 2.22. The largest absolute Gasteiger partial charge is 0.370 e. The molecule has 0 aromatic heterocycles. The van der Waals surface area contributed by atoms with E-state index in [0.29, 0.717) is 18.5 Å². The zero-order valence-corrected chi connectivity index (χ0v) is 10.7. The Bertz CT molecular complexity index is 421. The van der Waals surface area contributed by atoms with E-state index in [2.05, 4.69) is 42.4 Å². The molecule has 0 aliphatic heterocycles. The maximum absolute atomic E-state index is 5.77. The molecule has 3 nitrogen and oxygen atoms in total. The lowest BCUT2D eigenvalue weighted by molar-refractivity contribution is 0.723. The van der Waals surface area contributed by atoms with E-state index < -0.39 is 0 Å². The van der Waals surface area contributed by atoms with E-state index in [1.165, 1.54) is 36.0 Å². The van der Waals surface area contributed by atoms with Crippen molar-refractivity contribution >= 4 is 5.96 Å². The Morgan fingerprint density at radius 3 is 2.88 bits per heavy atom. The molecule has 0 saturated heterocycles. The molecule has 1 aliphatic rings. The number of aryl methyl sites for hydroxylation is 2. The van der Waals surface area contributed by atoms with Crippen LogP contribution in [-0.4, -0.2) is 12.0 Å². The summed E-state index contributed by atoms with van der Waals surface area (Å²) >= 11 is 0. The van der Waals surface area contributed by atoms with Crippen molar-refractivity contribution in [2.75, 3.05) is 0 Å². The van der Waals surface area contributed by atoms with E-state index in [1.807, 2.05) is 0 Å². The van der Waals surface area contributed by atoms with Gasteiger partial charge in [0.15, 0.2) is 5.96 Å². The molecule has 2 rings (SSSR count). The second-order valence-corrected chi connectivity index (χ2v) is 4.96. The minimum Gasteiger partial charge on any atom is -0.370 e. The zero-order chi connectivity index (χ0) is 12.3. The topological polar surface area (TPSA) is 50.4 Å². The van der Waals surface area contributed by atoms with Gasteiger partial charge in [0, 0.05) is 6.04 Å². The second-order valence-electron chi connectivity index (χ2n) is 4.96. The van der Waals surface area contributed by atoms with Crippen molar-refractivity contribution in [2.45, 2.75) is 45.7 Å². The zero-order valence-electron chi connectivity index (χ0n) is 10.7. The highest BCUT2D eigenvalue weighted by molar-refractivity contribution is 5.78. The van der Waals surface area contributed by atoms with Crippen LogP contribution < -0.4 is 11.1 Å². The molecule has 0 radical (unpaired) electrons. The summed E-state index contributed by atoms with van der Waals surface area (Å²) in [6.07, 6.45) is 3.74. The molecule has 1 aromatic carbocycles. The summed E-state index contributed by atoms with van der Waals surface area (Å²) in [5.41, 5.74) is 10.0. The lowest BCUT2D eigenvalue weighted by Crippen LogP contribution is -2.36. The van der Waals surface area contributed by atoms with Crippen LogP contribution in [0, 0.1) is 0 Å². The number of rotatable bonds is 3. The van der Waals surface area contributed by atoms with Gasteiger partial charge in [0.05, 0.1) is 6.54 Å². The number of hydrogen-bond donors (Lipinski definition) is 2. The summed E-state index contributed by atoms with van der Waals surface area (Å²) in [5.74, 6) is 0.528. The van der Waals surface area contributed by atoms with E-state index in [-0.39, 0.29) is 0 Å². The molecule has 0 unspecified atom stereocenters. The van der Waals surface area contributed by atoms with Crippen LogP contribution in [0.4, 0.5) is 0 Å². The normalized spacial score (nSPS) is 15.1. The Kier molecular flexibility index (Phi) is 3.67. The summed E-state index contributed by atoms with van der Waals surface area (Å²) in [6, 6.07) is 7.00. The average Bonchev–Trinajstić information content (AvgIpc) is 2.72. The molecule has 0 amide bonds. The summed E-state index contributed by atoms with van der Waals surface area (Å²) < 4.78 is 0. The van der Waals surface area contributed by atoms with Crippen LogP contribution >= 0.6 is 0 Å². The maximum atomic E-state index is 5.77. The second kappa shape index (κ2) is 5.21. The number of hydrogen-bond acceptors (Lipinski definition) is 1. The first-order valence-electron chi connectivity index (χ1n) is 6.32. The van der Waals surface area contributed by atoms with Crippen molar-refractivity contribution in [3.8, 4) is 0 Å². The predicted molar refractivity (Wildman–Crippen MR) is 72.1 cm³/mol. The smallest absolute Gasteiger partial charge is 0.189 e. The van der Waals surface area contributed by atoms with Gasteiger partial charge in [-0.05, 0) is 49.8 Å². The van der Waals surface area contributed by atoms with Crippen LogP contribution in [0.25, 0.3) is 0 Å². The van der Waals surface area contributed by atoms with Crippen molar-refractivity contribution < 1.29 is 0 Å². The van der Waals surface area contributed by atoms with Crippen molar-refractivity contribution in [3.63, 3.8) is 0 Å². The van der Waals surface area contributed by atoms with Gasteiger partial charge < -0.3 is 11.1 Å². The Labute approximate surface area is 103 Å². The molecule has 0 bridgehead atoms. The third-order valence-corrected chi connectivity index (χ3v) is 3.03. The van der Waals surface area contributed by atoms with Crippen LogP contribution in [0.15, 0.2) is 23.2 Å². The molecule has 0 spiro atoms. The Balaban J connectivity index is 2.00. The minimum atomic E-state index is 0.332. The maximum Gasteiger partial charge on any atom is 0.189 e. The first kappa shape index (κ1) is 12.0. The molecule has 3 heteroatoms. The lowest BCUT2D eigenvalue weighted by Gasteiger charge is -2.08. The molecule has 0 fully saturated rings. The summed E-state index contributed by atoms with van der Waals surface area (Å²) in [5, 5.41) is 3.09. The summed E-state index contributed by atoms with van der Waals surface area (Å²) in [4.78, 5) is 4.34. The Hall–Kier alpha value is -1.51. The van der Waals surface area contributed by atoms with Crippen molar-refractivity contribution in [1.82, 2.24) is 5.32 Å². The quantitative estimate of drug-likeness (QED) is 0.617. The summed E-state index contributed by atoms with van der Waals surface area (Å²) in [7, 11) is 0. The number of nitrogens with one attached hydrogen (secondary N) is 1. The molecular weight excluding hydrogens is 210 g/mol. The number of benzene rings is 1. The fraction of sp³-hybridized carbons (Fsp3) is 0.500. The number of aliphatic imine (C=N–C) groups is 1. The fourth-order valence-corrected chi connectivity index (χ4v) is 2.24. The van der Waals surface area contributed by atoms with E-state index in [9.17, 15) is 0 Å². The van der Waals surface area contributed by atoms with Gasteiger partial charge in [0.2, 0.25) is 0 Å². The molecule has 17 heavy (non-hydrogen) atoms. The monoisotopic (exact) mass is 231 g/mol. The van der Waals surface area contributed by atoms with Crippen molar-refractivity contribution in [2.24, 2.45) is 10.7 Å². The Morgan fingerprint density at radius 1 is 1.35 bits per heavy atom. The molecule has 92 valence electrons. The molecule has 0 heterocycles. The average molecular weight is 231 g/mol. The third-order valence-electron chi connectivity index (χ3n) is 3.03. The van der Waals surface area contributed by atoms with Gasteiger partial charge in [-0.2, -0.15) is 0 Å². The SMILES string of the molecule is CC(C)NC(N)=NCc1ccc2c(c1)CCC2. The number of nitrogens with two attached hydrogens (primary N) is 1. The fourth-order valence-electron chi connectivity index (χ4n) is 2.24. The molecule has 3 N–H and O–H groups in total. The lowest BCUT2D eigenvalue weighted by atomic mass is 10.1. The number of guanidine groups is 1. The molecule has 0 saturated carbocycles. The van der Waals surface area contributed by atoms with E-state index in [4.69, 9.17) is 5.73 Å². The predicted octanol–water partition coefficient (Wildman–Crippen LogP) is 1.99. The highest BCUT2D eigenvalue weighted by Gasteiger charge is 2.10. The molecule has 1 aromatic rings. The molecule has 0 atom stereocenters. The van der Waals surface area contributed by atoms with Crippen LogP contribution in [0.2, 0.25) is 0 Å². The van der Waals surface area contributed by atoms with Crippen molar-refractivity contribution in [3.05, 3.63) is 34.9 Å². The van der Waals surface area contributed by atoms with Crippen LogP contribution in [0.1, 0.15) is 37.0 Å². The molecular formula is C14H21N3. The van der Waals surface area contributed by atoms with E-state index >= 15 is 0 Å². The summed E-state index contributed by atoms with van der Waals surface area (Å²) in [6.45, 7) is 4.77. The van der Waals surface area contributed by atoms with Crippen LogP contribution in [0.3, 0.4) is 0 Å². The van der Waals surface area contributed by atoms with Gasteiger partial charge in [-0.15, -0.1) is 0 Å². The number of fused-ring (bicyclic) bond motifs is 1. The van der Waals surface area contributed by atoms with Gasteiger partial charge in [0.25, 0.3) is 0 Å². The van der Waals surface area contributed by atoms with Gasteiger partial charge in [0.1, 0.15) is 0 Å². The minimum absolute atomic E-state index is 0.332. The van der Waals surface area contributed by atoms with Gasteiger partial charge in [-0.3, -0.25) is 0 Å². The van der Waals surface area contributed by atoms with E-state index in [1.54, 1.807) is 0 Å². The van der Waals surface area contributed by atoms with E-state index in [0.717, 1.165) is 0 Å². The van der Waals surface area contributed by atoms with Gasteiger partial charge in [-0.1, -0.05) is 18.2 Å².